The van der Waals surface area contributed by atoms with E-state index in [2.05, 4.69) is 19.2 Å². The zero-order valence-corrected chi connectivity index (χ0v) is 12.2. The minimum atomic E-state index is -0.0669. The Labute approximate surface area is 119 Å². The van der Waals surface area contributed by atoms with Gasteiger partial charge in [-0.15, -0.1) is 12.4 Å². The molecule has 0 aliphatic carbocycles. The molecule has 3 N–H and O–H groups in total. The largest absolute Gasteiger partial charge is 0.349 e. The fourth-order valence-corrected chi connectivity index (χ4v) is 1.96. The van der Waals surface area contributed by atoms with E-state index in [4.69, 9.17) is 17.3 Å². The van der Waals surface area contributed by atoms with Crippen LogP contribution in [0.2, 0.25) is 5.02 Å². The zero-order chi connectivity index (χ0) is 12.8. The lowest BCUT2D eigenvalue weighted by molar-refractivity contribution is -0.121. The molecule has 1 amide bonds. The maximum absolute atomic E-state index is 11.6. The molecule has 1 rings (SSSR count). The van der Waals surface area contributed by atoms with Gasteiger partial charge < -0.3 is 11.1 Å². The summed E-state index contributed by atoms with van der Waals surface area (Å²) in [5.74, 6) is 0.239. The molecule has 102 valence electrons. The second-order valence-corrected chi connectivity index (χ2v) is 4.76. The number of rotatable bonds is 5. The molecule has 0 fully saturated rings. The highest BCUT2D eigenvalue weighted by molar-refractivity contribution is 6.31. The van der Waals surface area contributed by atoms with Gasteiger partial charge in [-0.2, -0.15) is 0 Å². The van der Waals surface area contributed by atoms with Crippen LogP contribution in [0.1, 0.15) is 31.9 Å². The number of halogens is 2. The van der Waals surface area contributed by atoms with Gasteiger partial charge in [-0.3, -0.25) is 4.79 Å². The topological polar surface area (TPSA) is 55.1 Å². The van der Waals surface area contributed by atoms with Crippen molar-refractivity contribution < 1.29 is 4.79 Å². The third kappa shape index (κ3) is 4.84. The summed E-state index contributed by atoms with van der Waals surface area (Å²) in [6.45, 7) is 4.46. The van der Waals surface area contributed by atoms with E-state index in [1.807, 2.05) is 24.3 Å². The van der Waals surface area contributed by atoms with Crippen LogP contribution in [0, 0.1) is 5.92 Å². The first-order valence-electron chi connectivity index (χ1n) is 5.80. The molecule has 0 saturated heterocycles. The van der Waals surface area contributed by atoms with Crippen LogP contribution in [0.25, 0.3) is 0 Å². The van der Waals surface area contributed by atoms with Crippen LogP contribution in [-0.2, 0) is 4.79 Å². The first kappa shape index (κ1) is 17.2. The van der Waals surface area contributed by atoms with Crippen LogP contribution in [0.15, 0.2) is 24.3 Å². The average molecular weight is 291 g/mol. The monoisotopic (exact) mass is 290 g/mol. The molecule has 1 unspecified atom stereocenters. The summed E-state index contributed by atoms with van der Waals surface area (Å²) in [6.07, 6.45) is 0.341. The molecule has 0 aliphatic heterocycles. The molecule has 18 heavy (non-hydrogen) atoms. The zero-order valence-electron chi connectivity index (χ0n) is 10.7. The predicted molar refractivity (Wildman–Crippen MR) is 78.1 cm³/mol. The summed E-state index contributed by atoms with van der Waals surface area (Å²) < 4.78 is 0. The SMILES string of the molecule is CC(C)C(NC(=O)CCN)c1ccccc1Cl.Cl. The van der Waals surface area contributed by atoms with Crippen molar-refractivity contribution in [2.75, 3.05) is 6.54 Å². The first-order valence-corrected chi connectivity index (χ1v) is 6.18. The van der Waals surface area contributed by atoms with Crippen molar-refractivity contribution in [2.24, 2.45) is 11.7 Å². The standard InChI is InChI=1S/C13H19ClN2O.ClH/c1-9(2)13(16-12(17)7-8-15)10-5-3-4-6-11(10)14;/h3-6,9,13H,7-8,15H2,1-2H3,(H,16,17);1H. The lowest BCUT2D eigenvalue weighted by atomic mass is 9.96. The fraction of sp³-hybridized carbons (Fsp3) is 0.462. The van der Waals surface area contributed by atoms with Gasteiger partial charge in [0.1, 0.15) is 0 Å². The number of hydrogen-bond acceptors (Lipinski definition) is 2. The highest BCUT2D eigenvalue weighted by Crippen LogP contribution is 2.27. The van der Waals surface area contributed by atoms with Crippen LogP contribution in [-0.4, -0.2) is 12.5 Å². The van der Waals surface area contributed by atoms with Crippen molar-refractivity contribution >= 4 is 29.9 Å². The van der Waals surface area contributed by atoms with Gasteiger partial charge in [-0.05, 0) is 17.5 Å². The summed E-state index contributed by atoms with van der Waals surface area (Å²) in [6, 6.07) is 7.51. The molecule has 3 nitrogen and oxygen atoms in total. The van der Waals surface area contributed by atoms with Crippen LogP contribution >= 0.6 is 24.0 Å². The van der Waals surface area contributed by atoms with Crippen molar-refractivity contribution in [3.63, 3.8) is 0 Å². The number of nitrogens with one attached hydrogen (secondary N) is 1. The minimum absolute atomic E-state index is 0. The van der Waals surface area contributed by atoms with Gasteiger partial charge in [0.15, 0.2) is 0 Å². The van der Waals surface area contributed by atoms with E-state index in [1.54, 1.807) is 0 Å². The number of carbonyl (C=O) groups excluding carboxylic acids is 1. The van der Waals surface area contributed by atoms with Gasteiger partial charge in [0.05, 0.1) is 6.04 Å². The van der Waals surface area contributed by atoms with E-state index < -0.39 is 0 Å². The van der Waals surface area contributed by atoms with E-state index >= 15 is 0 Å². The third-order valence-electron chi connectivity index (χ3n) is 2.59. The average Bonchev–Trinajstić information content (AvgIpc) is 2.27. The molecular formula is C13H20Cl2N2O. The Morgan fingerprint density at radius 1 is 1.39 bits per heavy atom. The molecule has 5 heteroatoms. The van der Waals surface area contributed by atoms with E-state index in [0.29, 0.717) is 18.0 Å². The molecule has 1 atom stereocenters. The van der Waals surface area contributed by atoms with E-state index in [-0.39, 0.29) is 30.3 Å². The number of amides is 1. The molecule has 0 heterocycles. The van der Waals surface area contributed by atoms with Crippen molar-refractivity contribution in [2.45, 2.75) is 26.3 Å². The Bertz CT molecular complexity index is 383. The second-order valence-electron chi connectivity index (χ2n) is 4.35. The molecule has 0 aromatic heterocycles. The maximum Gasteiger partial charge on any atom is 0.221 e. The molecule has 1 aromatic carbocycles. The van der Waals surface area contributed by atoms with Crippen LogP contribution in [0.5, 0.6) is 0 Å². The van der Waals surface area contributed by atoms with E-state index in [0.717, 1.165) is 5.56 Å². The van der Waals surface area contributed by atoms with Gasteiger partial charge in [-0.1, -0.05) is 43.6 Å². The van der Waals surface area contributed by atoms with E-state index in [9.17, 15) is 4.79 Å². The highest BCUT2D eigenvalue weighted by atomic mass is 35.5. The van der Waals surface area contributed by atoms with Gasteiger partial charge in [0, 0.05) is 18.0 Å². The lowest BCUT2D eigenvalue weighted by Crippen LogP contribution is -2.33. The van der Waals surface area contributed by atoms with Crippen LogP contribution in [0.3, 0.4) is 0 Å². The molecule has 1 aromatic rings. The summed E-state index contributed by atoms with van der Waals surface area (Å²) in [5, 5.41) is 3.65. The Morgan fingerprint density at radius 2 is 2.00 bits per heavy atom. The molecule has 0 spiro atoms. The Morgan fingerprint density at radius 3 is 2.50 bits per heavy atom. The van der Waals surface area contributed by atoms with Crippen molar-refractivity contribution in [1.82, 2.24) is 5.32 Å². The minimum Gasteiger partial charge on any atom is -0.349 e. The second kappa shape index (κ2) is 8.35. The highest BCUT2D eigenvalue weighted by Gasteiger charge is 2.19. The normalized spacial score (nSPS) is 11.8. The van der Waals surface area contributed by atoms with Gasteiger partial charge in [0.25, 0.3) is 0 Å². The molecule has 0 radical (unpaired) electrons. The summed E-state index contributed by atoms with van der Waals surface area (Å²) in [7, 11) is 0. The van der Waals surface area contributed by atoms with Crippen LogP contribution < -0.4 is 11.1 Å². The molecular weight excluding hydrogens is 271 g/mol. The molecule has 0 saturated carbocycles. The third-order valence-corrected chi connectivity index (χ3v) is 2.94. The number of carbonyl (C=O) groups is 1. The lowest BCUT2D eigenvalue weighted by Gasteiger charge is -2.23. The van der Waals surface area contributed by atoms with Gasteiger partial charge in [0.2, 0.25) is 5.91 Å². The van der Waals surface area contributed by atoms with Gasteiger partial charge >= 0.3 is 0 Å². The van der Waals surface area contributed by atoms with Crippen molar-refractivity contribution in [1.29, 1.82) is 0 Å². The number of hydrogen-bond donors (Lipinski definition) is 2. The summed E-state index contributed by atoms with van der Waals surface area (Å²) in [5.41, 5.74) is 6.32. The molecule has 0 bridgehead atoms. The Kier molecular flexibility index (Phi) is 8.00. The number of nitrogens with two attached hydrogens (primary N) is 1. The van der Waals surface area contributed by atoms with Gasteiger partial charge in [-0.25, -0.2) is 0 Å². The quantitative estimate of drug-likeness (QED) is 0.876. The first-order chi connectivity index (χ1) is 8.06. The van der Waals surface area contributed by atoms with Crippen LogP contribution in [0.4, 0.5) is 0 Å². The summed E-state index contributed by atoms with van der Waals surface area (Å²) in [4.78, 5) is 11.6. The maximum atomic E-state index is 11.6. The number of benzene rings is 1. The summed E-state index contributed by atoms with van der Waals surface area (Å²) >= 11 is 6.15. The Balaban J connectivity index is 0.00000289. The molecule has 0 aliphatic rings. The fourth-order valence-electron chi connectivity index (χ4n) is 1.71. The smallest absolute Gasteiger partial charge is 0.221 e. The van der Waals surface area contributed by atoms with E-state index in [1.165, 1.54) is 0 Å². The predicted octanol–water partition coefficient (Wildman–Crippen LogP) is 2.92. The van der Waals surface area contributed by atoms with Crippen molar-refractivity contribution in [3.8, 4) is 0 Å². The Hall–Kier alpha value is -0.770. The van der Waals surface area contributed by atoms with Crippen molar-refractivity contribution in [3.05, 3.63) is 34.9 Å².